The summed E-state index contributed by atoms with van der Waals surface area (Å²) in [7, 11) is 0. The molecular weight excluding hydrogens is 150 g/mol. The number of unbranched alkanes of at least 4 members (excludes halogenated alkanes) is 1. The zero-order chi connectivity index (χ0) is 9.61. The Bertz CT molecular complexity index is 139. The molecule has 2 heteroatoms. The SMILES string of the molecule is CCCCC(CC)(CC)C(N)=O. The number of amides is 1. The highest BCUT2D eigenvalue weighted by molar-refractivity contribution is 5.80. The van der Waals surface area contributed by atoms with Crippen LogP contribution in [0, 0.1) is 5.41 Å². The van der Waals surface area contributed by atoms with Gasteiger partial charge in [0.05, 0.1) is 0 Å². The van der Waals surface area contributed by atoms with E-state index in [1.807, 2.05) is 13.8 Å². The first-order valence-corrected chi connectivity index (χ1v) is 4.92. The Morgan fingerprint density at radius 3 is 2.00 bits per heavy atom. The molecule has 0 saturated carbocycles. The average Bonchev–Trinajstić information content (AvgIpc) is 2.07. The highest BCUT2D eigenvalue weighted by Crippen LogP contribution is 2.31. The van der Waals surface area contributed by atoms with Gasteiger partial charge in [0.25, 0.3) is 0 Å². The predicted molar refractivity (Wildman–Crippen MR) is 51.7 cm³/mol. The van der Waals surface area contributed by atoms with Crippen LogP contribution in [0.1, 0.15) is 52.9 Å². The smallest absolute Gasteiger partial charge is 0.223 e. The maximum atomic E-state index is 11.2. The minimum absolute atomic E-state index is 0.124. The number of carbonyl (C=O) groups excluding carboxylic acids is 1. The third kappa shape index (κ3) is 2.50. The third-order valence-corrected chi connectivity index (χ3v) is 2.89. The van der Waals surface area contributed by atoms with Crippen molar-refractivity contribution in [3.05, 3.63) is 0 Å². The van der Waals surface area contributed by atoms with Crippen LogP contribution >= 0.6 is 0 Å². The second kappa shape index (κ2) is 5.18. The van der Waals surface area contributed by atoms with E-state index in [4.69, 9.17) is 5.73 Å². The minimum atomic E-state index is -0.226. The van der Waals surface area contributed by atoms with E-state index in [0.29, 0.717) is 0 Å². The van der Waals surface area contributed by atoms with Crippen molar-refractivity contribution < 1.29 is 4.79 Å². The van der Waals surface area contributed by atoms with Gasteiger partial charge in [-0.3, -0.25) is 4.79 Å². The largest absolute Gasteiger partial charge is 0.369 e. The van der Waals surface area contributed by atoms with Crippen molar-refractivity contribution >= 4 is 5.91 Å². The quantitative estimate of drug-likeness (QED) is 0.655. The van der Waals surface area contributed by atoms with Gasteiger partial charge in [0, 0.05) is 5.41 Å². The van der Waals surface area contributed by atoms with E-state index in [0.717, 1.165) is 32.1 Å². The molecule has 0 radical (unpaired) electrons. The van der Waals surface area contributed by atoms with Gasteiger partial charge >= 0.3 is 0 Å². The van der Waals surface area contributed by atoms with Crippen molar-refractivity contribution in [2.75, 3.05) is 0 Å². The molecule has 0 atom stereocenters. The van der Waals surface area contributed by atoms with Crippen molar-refractivity contribution in [3.63, 3.8) is 0 Å². The molecule has 0 aliphatic carbocycles. The summed E-state index contributed by atoms with van der Waals surface area (Å²) in [4.78, 5) is 11.2. The van der Waals surface area contributed by atoms with Gasteiger partial charge in [0.1, 0.15) is 0 Å². The first-order chi connectivity index (χ1) is 5.63. The molecule has 0 aliphatic rings. The Morgan fingerprint density at radius 1 is 1.25 bits per heavy atom. The van der Waals surface area contributed by atoms with Crippen LogP contribution in [0.5, 0.6) is 0 Å². The highest BCUT2D eigenvalue weighted by atomic mass is 16.1. The van der Waals surface area contributed by atoms with Crippen molar-refractivity contribution in [1.29, 1.82) is 0 Å². The van der Waals surface area contributed by atoms with Crippen LogP contribution in [0.15, 0.2) is 0 Å². The molecule has 12 heavy (non-hydrogen) atoms. The fourth-order valence-electron chi connectivity index (χ4n) is 1.59. The molecular formula is C10H21NO. The van der Waals surface area contributed by atoms with Gasteiger partial charge < -0.3 is 5.73 Å². The summed E-state index contributed by atoms with van der Waals surface area (Å²) < 4.78 is 0. The minimum Gasteiger partial charge on any atom is -0.369 e. The van der Waals surface area contributed by atoms with Crippen LogP contribution < -0.4 is 5.73 Å². The van der Waals surface area contributed by atoms with Gasteiger partial charge in [-0.1, -0.05) is 33.6 Å². The lowest BCUT2D eigenvalue weighted by atomic mass is 9.77. The zero-order valence-corrected chi connectivity index (χ0v) is 8.52. The van der Waals surface area contributed by atoms with E-state index >= 15 is 0 Å². The van der Waals surface area contributed by atoms with Gasteiger partial charge in [-0.05, 0) is 19.3 Å². The standard InChI is InChI=1S/C10H21NO/c1-4-7-8-10(5-2,6-3)9(11)12/h4-8H2,1-3H3,(H2,11,12). The molecule has 0 spiro atoms. The summed E-state index contributed by atoms with van der Waals surface area (Å²) in [5.74, 6) is -0.124. The summed E-state index contributed by atoms with van der Waals surface area (Å²) in [6, 6.07) is 0. The number of rotatable bonds is 6. The molecule has 72 valence electrons. The maximum Gasteiger partial charge on any atom is 0.223 e. The van der Waals surface area contributed by atoms with E-state index in [1.165, 1.54) is 0 Å². The molecule has 0 rings (SSSR count). The Kier molecular flexibility index (Phi) is 4.95. The molecule has 0 aromatic heterocycles. The Morgan fingerprint density at radius 2 is 1.75 bits per heavy atom. The monoisotopic (exact) mass is 171 g/mol. The van der Waals surface area contributed by atoms with E-state index < -0.39 is 0 Å². The summed E-state index contributed by atoms with van der Waals surface area (Å²) in [5, 5.41) is 0. The third-order valence-electron chi connectivity index (χ3n) is 2.89. The van der Waals surface area contributed by atoms with Crippen molar-refractivity contribution in [2.24, 2.45) is 11.1 Å². The molecule has 2 N–H and O–H groups in total. The van der Waals surface area contributed by atoms with Crippen molar-refractivity contribution in [1.82, 2.24) is 0 Å². The van der Waals surface area contributed by atoms with Crippen LogP contribution in [-0.2, 0) is 4.79 Å². The number of carbonyl (C=O) groups is 1. The van der Waals surface area contributed by atoms with Gasteiger partial charge in [0.2, 0.25) is 5.91 Å². The van der Waals surface area contributed by atoms with E-state index in [-0.39, 0.29) is 11.3 Å². The highest BCUT2D eigenvalue weighted by Gasteiger charge is 2.31. The maximum absolute atomic E-state index is 11.2. The number of nitrogens with two attached hydrogens (primary N) is 1. The molecule has 0 aromatic carbocycles. The molecule has 0 bridgehead atoms. The van der Waals surface area contributed by atoms with Crippen LogP contribution in [0.4, 0.5) is 0 Å². The molecule has 0 heterocycles. The van der Waals surface area contributed by atoms with Gasteiger partial charge in [-0.2, -0.15) is 0 Å². The lowest BCUT2D eigenvalue weighted by Crippen LogP contribution is -2.36. The zero-order valence-electron chi connectivity index (χ0n) is 8.52. The first-order valence-electron chi connectivity index (χ1n) is 4.92. The van der Waals surface area contributed by atoms with Crippen molar-refractivity contribution in [2.45, 2.75) is 52.9 Å². The summed E-state index contributed by atoms with van der Waals surface area (Å²) in [6.45, 7) is 6.23. The van der Waals surface area contributed by atoms with Gasteiger partial charge in [-0.15, -0.1) is 0 Å². The number of hydrogen-bond acceptors (Lipinski definition) is 1. The van der Waals surface area contributed by atoms with Crippen LogP contribution in [-0.4, -0.2) is 5.91 Å². The predicted octanol–water partition coefficient (Wildman–Crippen LogP) is 2.47. The van der Waals surface area contributed by atoms with Crippen LogP contribution in [0.2, 0.25) is 0 Å². The fourth-order valence-corrected chi connectivity index (χ4v) is 1.59. The molecule has 0 aromatic rings. The Labute approximate surface area is 75.5 Å². The molecule has 0 aliphatic heterocycles. The van der Waals surface area contributed by atoms with E-state index in [2.05, 4.69) is 6.92 Å². The van der Waals surface area contributed by atoms with Gasteiger partial charge in [0.15, 0.2) is 0 Å². The second-order valence-corrected chi connectivity index (χ2v) is 3.46. The summed E-state index contributed by atoms with van der Waals surface area (Å²) in [5.41, 5.74) is 5.17. The van der Waals surface area contributed by atoms with Crippen molar-refractivity contribution in [3.8, 4) is 0 Å². The lowest BCUT2D eigenvalue weighted by molar-refractivity contribution is -0.128. The summed E-state index contributed by atoms with van der Waals surface area (Å²) >= 11 is 0. The van der Waals surface area contributed by atoms with Crippen LogP contribution in [0.25, 0.3) is 0 Å². The normalized spacial score (nSPS) is 11.6. The summed E-state index contributed by atoms with van der Waals surface area (Å²) in [6.07, 6.45) is 4.93. The number of primary amides is 1. The Hall–Kier alpha value is -0.530. The van der Waals surface area contributed by atoms with E-state index in [9.17, 15) is 4.79 Å². The molecule has 1 amide bonds. The molecule has 0 fully saturated rings. The van der Waals surface area contributed by atoms with E-state index in [1.54, 1.807) is 0 Å². The fraction of sp³-hybridized carbons (Fsp3) is 0.900. The molecule has 0 unspecified atom stereocenters. The first kappa shape index (κ1) is 11.5. The Balaban J connectivity index is 4.25. The average molecular weight is 171 g/mol. The molecule has 2 nitrogen and oxygen atoms in total. The topological polar surface area (TPSA) is 43.1 Å². The van der Waals surface area contributed by atoms with Gasteiger partial charge in [-0.25, -0.2) is 0 Å². The second-order valence-electron chi connectivity index (χ2n) is 3.46. The van der Waals surface area contributed by atoms with Crippen LogP contribution in [0.3, 0.4) is 0 Å². The number of hydrogen-bond donors (Lipinski definition) is 1. The lowest BCUT2D eigenvalue weighted by Gasteiger charge is -2.27. The molecule has 0 saturated heterocycles.